The van der Waals surface area contributed by atoms with Crippen LogP contribution in [0.15, 0.2) is 12.1 Å². The number of hydrogen-bond donors (Lipinski definition) is 1. The number of methoxy groups -OCH3 is 1. The molecule has 1 N–H and O–H groups in total. The van der Waals surface area contributed by atoms with Crippen molar-refractivity contribution in [3.63, 3.8) is 0 Å². The summed E-state index contributed by atoms with van der Waals surface area (Å²) < 4.78 is 5.35. The highest BCUT2D eigenvalue weighted by Crippen LogP contribution is 2.37. The number of ether oxygens (including phenoxy) is 1. The number of aryl methyl sites for hydroxylation is 2. The first kappa shape index (κ1) is 14.4. The molecule has 2 rings (SSSR count). The van der Waals surface area contributed by atoms with Gasteiger partial charge in [0.15, 0.2) is 0 Å². The summed E-state index contributed by atoms with van der Waals surface area (Å²) in [6.07, 6.45) is 1.23. The third-order valence-corrected chi connectivity index (χ3v) is 4.39. The van der Waals surface area contributed by atoms with Gasteiger partial charge in [0, 0.05) is 12.6 Å². The minimum atomic E-state index is 0.336. The normalized spacial score (nSPS) is 23.7. The summed E-state index contributed by atoms with van der Waals surface area (Å²) >= 11 is 0. The van der Waals surface area contributed by atoms with Gasteiger partial charge in [-0.1, -0.05) is 20.8 Å². The van der Waals surface area contributed by atoms with E-state index in [1.807, 2.05) is 0 Å². The van der Waals surface area contributed by atoms with Crippen molar-refractivity contribution in [2.45, 2.75) is 53.0 Å². The van der Waals surface area contributed by atoms with E-state index in [1.165, 1.54) is 23.1 Å². The zero-order valence-corrected chi connectivity index (χ0v) is 13.1. The fraction of sp³-hybridized carbons (Fsp3) is 0.647. The van der Waals surface area contributed by atoms with E-state index >= 15 is 0 Å². The maximum absolute atomic E-state index is 5.35. The number of hydrogen-bond acceptors (Lipinski definition) is 2. The standard InChI is InChI=1S/C17H27NO/c1-11-7-14(19-6)8-12(2)16(11)13-9-15(18-10-13)17(3,4)5/h7-8,13,15,18H,9-10H2,1-6H3. The van der Waals surface area contributed by atoms with E-state index in [1.54, 1.807) is 7.11 Å². The predicted octanol–water partition coefficient (Wildman–Crippen LogP) is 3.80. The Bertz CT molecular complexity index is 436. The highest BCUT2D eigenvalue weighted by molar-refractivity contribution is 5.43. The highest BCUT2D eigenvalue weighted by atomic mass is 16.5. The lowest BCUT2D eigenvalue weighted by atomic mass is 9.81. The Morgan fingerprint density at radius 2 is 1.74 bits per heavy atom. The molecule has 2 unspecified atom stereocenters. The molecule has 2 heteroatoms. The molecule has 0 amide bonds. The third kappa shape index (κ3) is 2.94. The van der Waals surface area contributed by atoms with Gasteiger partial charge in [-0.15, -0.1) is 0 Å². The molecular weight excluding hydrogens is 234 g/mol. The van der Waals surface area contributed by atoms with E-state index < -0.39 is 0 Å². The molecule has 0 aromatic heterocycles. The summed E-state index contributed by atoms with van der Waals surface area (Å²) in [4.78, 5) is 0. The summed E-state index contributed by atoms with van der Waals surface area (Å²) in [5, 5.41) is 3.70. The van der Waals surface area contributed by atoms with E-state index in [9.17, 15) is 0 Å². The van der Waals surface area contributed by atoms with Crippen LogP contribution in [0.1, 0.15) is 49.8 Å². The molecule has 0 aliphatic carbocycles. The molecule has 1 aromatic carbocycles. The Balaban J connectivity index is 2.25. The first-order valence-corrected chi connectivity index (χ1v) is 7.21. The lowest BCUT2D eigenvalue weighted by molar-refractivity contribution is 0.293. The third-order valence-electron chi connectivity index (χ3n) is 4.39. The molecule has 1 aromatic rings. The molecule has 0 radical (unpaired) electrons. The number of benzene rings is 1. The molecule has 1 aliphatic rings. The Hall–Kier alpha value is -1.02. The van der Waals surface area contributed by atoms with Crippen LogP contribution >= 0.6 is 0 Å². The van der Waals surface area contributed by atoms with Crippen molar-refractivity contribution in [3.05, 3.63) is 28.8 Å². The molecule has 0 spiro atoms. The van der Waals surface area contributed by atoms with E-state index in [0.717, 1.165) is 12.3 Å². The second kappa shape index (κ2) is 5.16. The Kier molecular flexibility index (Phi) is 3.91. The summed E-state index contributed by atoms with van der Waals surface area (Å²) in [6, 6.07) is 4.93. The molecule has 0 bridgehead atoms. The van der Waals surface area contributed by atoms with Crippen molar-refractivity contribution in [2.75, 3.05) is 13.7 Å². The lowest BCUT2D eigenvalue weighted by Gasteiger charge is -2.27. The van der Waals surface area contributed by atoms with Gasteiger partial charge in [-0.05, 0) is 60.4 Å². The summed E-state index contributed by atoms with van der Waals surface area (Å²) in [5.74, 6) is 1.60. The first-order valence-electron chi connectivity index (χ1n) is 7.21. The monoisotopic (exact) mass is 261 g/mol. The van der Waals surface area contributed by atoms with Crippen LogP contribution in [0.4, 0.5) is 0 Å². The molecule has 19 heavy (non-hydrogen) atoms. The number of rotatable bonds is 2. The van der Waals surface area contributed by atoms with Gasteiger partial charge in [0.1, 0.15) is 5.75 Å². The van der Waals surface area contributed by atoms with Gasteiger partial charge in [0.25, 0.3) is 0 Å². The van der Waals surface area contributed by atoms with Crippen LogP contribution in [-0.4, -0.2) is 19.7 Å². The largest absolute Gasteiger partial charge is 0.497 e. The zero-order chi connectivity index (χ0) is 14.2. The number of nitrogens with one attached hydrogen (secondary N) is 1. The molecule has 2 atom stereocenters. The summed E-state index contributed by atoms with van der Waals surface area (Å²) in [7, 11) is 1.74. The Labute approximate surface area is 117 Å². The Morgan fingerprint density at radius 1 is 1.16 bits per heavy atom. The van der Waals surface area contributed by atoms with Crippen LogP contribution in [0, 0.1) is 19.3 Å². The van der Waals surface area contributed by atoms with Crippen LogP contribution in [0.5, 0.6) is 5.75 Å². The average molecular weight is 261 g/mol. The first-order chi connectivity index (χ1) is 8.82. The quantitative estimate of drug-likeness (QED) is 0.874. The maximum Gasteiger partial charge on any atom is 0.119 e. The van der Waals surface area contributed by atoms with Crippen molar-refractivity contribution in [1.82, 2.24) is 5.32 Å². The summed E-state index contributed by atoms with van der Waals surface area (Å²) in [6.45, 7) is 12.5. The van der Waals surface area contributed by atoms with Crippen LogP contribution in [0.2, 0.25) is 0 Å². The van der Waals surface area contributed by atoms with Crippen LogP contribution in [0.3, 0.4) is 0 Å². The zero-order valence-electron chi connectivity index (χ0n) is 13.1. The minimum absolute atomic E-state index is 0.336. The fourth-order valence-corrected chi connectivity index (χ4v) is 3.31. The molecule has 1 heterocycles. The van der Waals surface area contributed by atoms with E-state index in [4.69, 9.17) is 4.74 Å². The van der Waals surface area contributed by atoms with Gasteiger partial charge in [-0.25, -0.2) is 0 Å². The van der Waals surface area contributed by atoms with Gasteiger partial charge in [-0.2, -0.15) is 0 Å². The smallest absolute Gasteiger partial charge is 0.119 e. The van der Waals surface area contributed by atoms with Crippen LogP contribution in [0.25, 0.3) is 0 Å². The average Bonchev–Trinajstić information content (AvgIpc) is 2.76. The van der Waals surface area contributed by atoms with Gasteiger partial charge < -0.3 is 10.1 Å². The van der Waals surface area contributed by atoms with Crippen molar-refractivity contribution >= 4 is 0 Å². The Morgan fingerprint density at radius 3 is 2.16 bits per heavy atom. The molecule has 1 saturated heterocycles. The maximum atomic E-state index is 5.35. The van der Waals surface area contributed by atoms with Gasteiger partial charge in [-0.3, -0.25) is 0 Å². The molecular formula is C17H27NO. The molecule has 0 saturated carbocycles. The van der Waals surface area contributed by atoms with Gasteiger partial charge in [0.2, 0.25) is 0 Å². The molecule has 1 aliphatic heterocycles. The second-order valence-corrected chi connectivity index (χ2v) is 6.93. The molecule has 106 valence electrons. The fourth-order valence-electron chi connectivity index (χ4n) is 3.31. The SMILES string of the molecule is COc1cc(C)c(C2CNC(C(C)(C)C)C2)c(C)c1. The van der Waals surface area contributed by atoms with E-state index in [-0.39, 0.29) is 0 Å². The minimum Gasteiger partial charge on any atom is -0.497 e. The predicted molar refractivity (Wildman–Crippen MR) is 81.1 cm³/mol. The molecule has 2 nitrogen and oxygen atoms in total. The van der Waals surface area contributed by atoms with Crippen LogP contribution in [-0.2, 0) is 0 Å². The van der Waals surface area contributed by atoms with E-state index in [2.05, 4.69) is 52.1 Å². The lowest BCUT2D eigenvalue weighted by Crippen LogP contribution is -2.34. The van der Waals surface area contributed by atoms with E-state index in [0.29, 0.717) is 17.4 Å². The van der Waals surface area contributed by atoms with Crippen LogP contribution < -0.4 is 10.1 Å². The summed E-state index contributed by atoms with van der Waals surface area (Å²) in [5.41, 5.74) is 4.57. The van der Waals surface area contributed by atoms with Gasteiger partial charge in [0.05, 0.1) is 7.11 Å². The van der Waals surface area contributed by atoms with Crippen molar-refractivity contribution in [3.8, 4) is 5.75 Å². The van der Waals surface area contributed by atoms with Gasteiger partial charge >= 0.3 is 0 Å². The van der Waals surface area contributed by atoms with Crippen molar-refractivity contribution < 1.29 is 4.74 Å². The van der Waals surface area contributed by atoms with Crippen molar-refractivity contribution in [1.29, 1.82) is 0 Å². The topological polar surface area (TPSA) is 21.3 Å². The second-order valence-electron chi connectivity index (χ2n) is 6.93. The van der Waals surface area contributed by atoms with Crippen molar-refractivity contribution in [2.24, 2.45) is 5.41 Å². The molecule has 1 fully saturated rings. The highest BCUT2D eigenvalue weighted by Gasteiger charge is 2.34.